The number of likely N-dealkylation sites (tertiary alicyclic amines) is 1. The number of benzene rings is 1. The fourth-order valence-electron chi connectivity index (χ4n) is 4.66. The van der Waals surface area contributed by atoms with Crippen molar-refractivity contribution in [1.82, 2.24) is 10.2 Å². The molecule has 5 atom stereocenters. The number of carbonyl (C=O) groups is 1. The van der Waals surface area contributed by atoms with Gasteiger partial charge in [0.05, 0.1) is 0 Å². The number of piperidine rings is 1. The van der Waals surface area contributed by atoms with E-state index in [1.54, 1.807) is 4.90 Å². The second-order valence-corrected chi connectivity index (χ2v) is 9.71. The van der Waals surface area contributed by atoms with Crippen LogP contribution >= 0.6 is 11.8 Å². The summed E-state index contributed by atoms with van der Waals surface area (Å²) in [5.41, 5.74) is 0.929. The summed E-state index contributed by atoms with van der Waals surface area (Å²) in [5, 5.41) is 24.9. The molecule has 0 aromatic heterocycles. The zero-order valence-electron chi connectivity index (χ0n) is 18.0. The van der Waals surface area contributed by atoms with Crippen LogP contribution < -0.4 is 5.32 Å². The normalized spacial score (nSPS) is 31.3. The van der Waals surface area contributed by atoms with Crippen molar-refractivity contribution < 1.29 is 19.7 Å². The van der Waals surface area contributed by atoms with Gasteiger partial charge in [-0.15, -0.1) is 0 Å². The molecule has 3 N–H and O–H groups in total. The smallest absolute Gasteiger partial charge is 0.254 e. The summed E-state index contributed by atoms with van der Waals surface area (Å²) >= 11 is 1.38. The topological polar surface area (TPSA) is 94.4 Å². The van der Waals surface area contributed by atoms with Crippen LogP contribution in [0.15, 0.2) is 35.3 Å². The molecule has 31 heavy (non-hydrogen) atoms. The summed E-state index contributed by atoms with van der Waals surface area (Å²) in [6.45, 7) is 4.04. The van der Waals surface area contributed by atoms with Crippen LogP contribution in [0, 0.1) is 5.92 Å². The monoisotopic (exact) mass is 447 g/mol. The predicted molar refractivity (Wildman–Crippen MR) is 122 cm³/mol. The predicted octanol–water partition coefficient (Wildman–Crippen LogP) is 1.78. The van der Waals surface area contributed by atoms with Crippen molar-refractivity contribution in [3.8, 4) is 0 Å². The van der Waals surface area contributed by atoms with Crippen LogP contribution in [-0.2, 0) is 16.0 Å². The molecule has 0 saturated carbocycles. The van der Waals surface area contributed by atoms with Crippen molar-refractivity contribution in [1.29, 1.82) is 0 Å². The lowest BCUT2D eigenvalue weighted by atomic mass is 9.90. The Morgan fingerprint density at radius 1 is 1.23 bits per heavy atom. The van der Waals surface area contributed by atoms with E-state index in [2.05, 4.69) is 34.6 Å². The van der Waals surface area contributed by atoms with Gasteiger partial charge < -0.3 is 25.2 Å². The summed E-state index contributed by atoms with van der Waals surface area (Å²) in [6.07, 6.45) is 1.97. The van der Waals surface area contributed by atoms with Gasteiger partial charge in [0.25, 0.3) is 5.91 Å². The number of nitrogens with one attached hydrogen (secondary N) is 1. The van der Waals surface area contributed by atoms with E-state index in [4.69, 9.17) is 4.74 Å². The van der Waals surface area contributed by atoms with Crippen molar-refractivity contribution in [3.63, 3.8) is 0 Å². The third-order valence-electron chi connectivity index (χ3n) is 6.48. The SMILES string of the molecule is CCNC1=N[C@@H]2[C@@H](O)[C@H](O)[C@@H](C(=O)N3CCC(CCCc4ccccc4)CC3)O[C@@H]2S1. The molecule has 0 aliphatic carbocycles. The second kappa shape index (κ2) is 10.3. The van der Waals surface area contributed by atoms with Gasteiger partial charge in [0.1, 0.15) is 23.7 Å². The molecule has 4 rings (SSSR count). The summed E-state index contributed by atoms with van der Waals surface area (Å²) in [6, 6.07) is 10.0. The summed E-state index contributed by atoms with van der Waals surface area (Å²) in [5.74, 6) is 0.409. The Bertz CT molecular complexity index is 769. The molecule has 1 aromatic rings. The van der Waals surface area contributed by atoms with Gasteiger partial charge in [-0.2, -0.15) is 0 Å². The number of nitrogens with zero attached hydrogens (tertiary/aromatic N) is 2. The van der Waals surface area contributed by atoms with Crippen LogP contribution in [0.5, 0.6) is 0 Å². The molecule has 0 unspecified atom stereocenters. The Morgan fingerprint density at radius 2 is 1.97 bits per heavy atom. The van der Waals surface area contributed by atoms with Crippen molar-refractivity contribution in [2.24, 2.45) is 10.9 Å². The fraction of sp³-hybridized carbons (Fsp3) is 0.652. The van der Waals surface area contributed by atoms with Crippen LogP contribution in [0.4, 0.5) is 0 Å². The fourth-order valence-corrected chi connectivity index (χ4v) is 5.83. The molecular weight excluding hydrogens is 414 g/mol. The Hall–Kier alpha value is -1.61. The number of fused-ring (bicyclic) bond motifs is 1. The van der Waals surface area contributed by atoms with E-state index in [9.17, 15) is 15.0 Å². The molecule has 1 aromatic carbocycles. The highest BCUT2D eigenvalue weighted by molar-refractivity contribution is 8.14. The summed E-state index contributed by atoms with van der Waals surface area (Å²) < 4.78 is 5.93. The van der Waals surface area contributed by atoms with E-state index in [0.717, 1.165) is 25.7 Å². The third-order valence-corrected chi connectivity index (χ3v) is 7.58. The summed E-state index contributed by atoms with van der Waals surface area (Å²) in [4.78, 5) is 19.3. The number of thioether (sulfide) groups is 1. The Morgan fingerprint density at radius 3 is 2.68 bits per heavy atom. The van der Waals surface area contributed by atoms with Crippen LogP contribution in [0.2, 0.25) is 0 Å². The largest absolute Gasteiger partial charge is 0.388 e. The minimum atomic E-state index is -1.26. The maximum absolute atomic E-state index is 13.1. The molecule has 2 saturated heterocycles. The number of amidine groups is 1. The first kappa shape index (κ1) is 22.6. The molecule has 3 aliphatic heterocycles. The second-order valence-electron chi connectivity index (χ2n) is 8.63. The van der Waals surface area contributed by atoms with Gasteiger partial charge in [-0.05, 0) is 50.5 Å². The number of aliphatic hydroxyl groups is 2. The number of aliphatic imine (C=N–C) groups is 1. The maximum Gasteiger partial charge on any atom is 0.254 e. The van der Waals surface area contributed by atoms with Gasteiger partial charge >= 0.3 is 0 Å². The molecule has 0 bridgehead atoms. The van der Waals surface area contributed by atoms with Crippen LogP contribution in [0.3, 0.4) is 0 Å². The number of carbonyl (C=O) groups excluding carboxylic acids is 1. The molecule has 0 spiro atoms. The lowest BCUT2D eigenvalue weighted by Crippen LogP contribution is -2.60. The number of hydrogen-bond donors (Lipinski definition) is 3. The molecule has 8 heteroatoms. The van der Waals surface area contributed by atoms with E-state index in [1.807, 2.05) is 13.0 Å². The highest BCUT2D eigenvalue weighted by Gasteiger charge is 2.51. The minimum absolute atomic E-state index is 0.217. The first-order valence-corrected chi connectivity index (χ1v) is 12.3. The number of hydrogen-bond acceptors (Lipinski definition) is 7. The number of rotatable bonds is 6. The van der Waals surface area contributed by atoms with Gasteiger partial charge in [-0.3, -0.25) is 9.79 Å². The lowest BCUT2D eigenvalue weighted by Gasteiger charge is -2.41. The first-order chi connectivity index (χ1) is 15.1. The number of aryl methyl sites for hydroxylation is 1. The van der Waals surface area contributed by atoms with Crippen LogP contribution in [-0.4, -0.2) is 75.6 Å². The van der Waals surface area contributed by atoms with E-state index < -0.39 is 29.8 Å². The van der Waals surface area contributed by atoms with Crippen LogP contribution in [0.1, 0.15) is 38.2 Å². The number of ether oxygens (including phenoxy) is 1. The van der Waals surface area contributed by atoms with E-state index in [-0.39, 0.29) is 5.91 Å². The van der Waals surface area contributed by atoms with Crippen molar-refractivity contribution >= 4 is 22.8 Å². The van der Waals surface area contributed by atoms with Gasteiger partial charge in [0.15, 0.2) is 11.3 Å². The highest BCUT2D eigenvalue weighted by Crippen LogP contribution is 2.36. The zero-order valence-corrected chi connectivity index (χ0v) is 18.8. The molecule has 170 valence electrons. The molecule has 0 radical (unpaired) electrons. The Balaban J connectivity index is 1.25. The van der Waals surface area contributed by atoms with E-state index >= 15 is 0 Å². The average molecular weight is 448 g/mol. The number of aliphatic hydroxyl groups excluding tert-OH is 2. The molecular formula is C23H33N3O4S. The Labute approximate surface area is 188 Å². The average Bonchev–Trinajstić information content (AvgIpc) is 3.20. The summed E-state index contributed by atoms with van der Waals surface area (Å²) in [7, 11) is 0. The van der Waals surface area contributed by atoms with Crippen LogP contribution in [0.25, 0.3) is 0 Å². The third kappa shape index (κ3) is 5.25. The zero-order chi connectivity index (χ0) is 21.8. The van der Waals surface area contributed by atoms with Gasteiger partial charge in [-0.1, -0.05) is 42.1 Å². The lowest BCUT2D eigenvalue weighted by molar-refractivity contribution is -0.180. The van der Waals surface area contributed by atoms with E-state index in [0.29, 0.717) is 30.7 Å². The quantitative estimate of drug-likeness (QED) is 0.615. The minimum Gasteiger partial charge on any atom is -0.388 e. The van der Waals surface area contributed by atoms with Crippen molar-refractivity contribution in [2.45, 2.75) is 68.8 Å². The van der Waals surface area contributed by atoms with E-state index in [1.165, 1.54) is 23.7 Å². The standard InChI is InChI=1S/C23H33N3O4S/c1-2-24-23-25-17-18(27)19(28)20(30-22(17)31-23)21(29)26-13-11-16(12-14-26)10-6-9-15-7-4-3-5-8-15/h3-5,7-8,16-20,22,27-28H,2,6,9-14H2,1H3,(H,24,25)/t17-,18-,19+,20+,22-/m1/s1. The van der Waals surface area contributed by atoms with Gasteiger partial charge in [0, 0.05) is 19.6 Å². The molecule has 2 fully saturated rings. The first-order valence-electron chi connectivity index (χ1n) is 11.4. The number of amides is 1. The maximum atomic E-state index is 13.1. The molecule has 3 aliphatic rings. The molecule has 3 heterocycles. The van der Waals surface area contributed by atoms with Crippen molar-refractivity contribution in [2.75, 3.05) is 19.6 Å². The molecule has 7 nitrogen and oxygen atoms in total. The van der Waals surface area contributed by atoms with Crippen molar-refractivity contribution in [3.05, 3.63) is 35.9 Å². The van der Waals surface area contributed by atoms with Gasteiger partial charge in [0.2, 0.25) is 0 Å². The highest BCUT2D eigenvalue weighted by atomic mass is 32.2. The molecule has 1 amide bonds. The van der Waals surface area contributed by atoms with Gasteiger partial charge in [-0.25, -0.2) is 0 Å². The Kier molecular flexibility index (Phi) is 7.53.